The van der Waals surface area contributed by atoms with Gasteiger partial charge in [-0.15, -0.1) is 0 Å². The second-order valence-electron chi connectivity index (χ2n) is 5.26. The van der Waals surface area contributed by atoms with Gasteiger partial charge in [-0.2, -0.15) is 0 Å². The molecule has 0 saturated heterocycles. The van der Waals surface area contributed by atoms with Crippen LogP contribution in [-0.2, 0) is 19.4 Å². The molecular weight excluding hydrogens is 330 g/mol. The van der Waals surface area contributed by atoms with Crippen molar-refractivity contribution in [2.75, 3.05) is 5.75 Å². The average Bonchev–Trinajstić information content (AvgIpc) is 2.86. The zero-order chi connectivity index (χ0) is 16.3. The molecule has 0 aliphatic heterocycles. The van der Waals surface area contributed by atoms with E-state index in [-0.39, 0.29) is 4.90 Å². The molecule has 120 valence electrons. The zero-order valence-electron chi connectivity index (χ0n) is 11.7. The van der Waals surface area contributed by atoms with Crippen molar-refractivity contribution in [3.63, 3.8) is 0 Å². The minimum absolute atomic E-state index is 0.00764. The molecule has 1 aromatic rings. The minimum Gasteiger partial charge on any atom is -0.481 e. The number of benzene rings is 1. The van der Waals surface area contributed by atoms with Gasteiger partial charge in [0.1, 0.15) is 5.75 Å². The van der Waals surface area contributed by atoms with E-state index in [2.05, 4.69) is 5.32 Å². The number of carboxylic acids is 1. The number of aliphatic carboxylic acids is 1. The van der Waals surface area contributed by atoms with Gasteiger partial charge in [0.15, 0.2) is 9.84 Å². The maximum absolute atomic E-state index is 12.1. The summed E-state index contributed by atoms with van der Waals surface area (Å²) in [4.78, 5) is 23.0. The van der Waals surface area contributed by atoms with Gasteiger partial charge < -0.3 is 10.4 Å². The van der Waals surface area contributed by atoms with E-state index in [1.165, 1.54) is 24.3 Å². The Bertz CT molecular complexity index is 671. The van der Waals surface area contributed by atoms with Crippen LogP contribution in [0.4, 0.5) is 0 Å². The third-order valence-electron chi connectivity index (χ3n) is 3.67. The van der Waals surface area contributed by atoms with Crippen LogP contribution in [0.15, 0.2) is 29.2 Å². The molecule has 1 saturated carbocycles. The third kappa shape index (κ3) is 3.98. The monoisotopic (exact) mass is 345 g/mol. The first-order chi connectivity index (χ1) is 10.3. The summed E-state index contributed by atoms with van der Waals surface area (Å²) < 4.78 is 24.2. The predicted octanol–water partition coefficient (Wildman–Crippen LogP) is 1.48. The first-order valence-electron chi connectivity index (χ1n) is 6.80. The SMILES string of the molecule is O=C(CS(=O)(=O)c1ccc(Cl)cc1)N[C@H]1CCC[C@H]1C(=O)O. The highest BCUT2D eigenvalue weighted by Gasteiger charge is 2.34. The predicted molar refractivity (Wildman–Crippen MR) is 80.4 cm³/mol. The molecule has 0 aromatic heterocycles. The van der Waals surface area contributed by atoms with E-state index in [1.807, 2.05) is 0 Å². The van der Waals surface area contributed by atoms with Gasteiger partial charge in [-0.3, -0.25) is 9.59 Å². The number of carboxylic acid groups (broad SMARTS) is 1. The lowest BCUT2D eigenvalue weighted by atomic mass is 10.0. The lowest BCUT2D eigenvalue weighted by Crippen LogP contribution is -2.42. The van der Waals surface area contributed by atoms with Crippen molar-refractivity contribution in [2.24, 2.45) is 5.92 Å². The van der Waals surface area contributed by atoms with Crippen molar-refractivity contribution < 1.29 is 23.1 Å². The minimum atomic E-state index is -3.77. The van der Waals surface area contributed by atoms with Gasteiger partial charge in [0.25, 0.3) is 0 Å². The van der Waals surface area contributed by atoms with Gasteiger partial charge in [0.05, 0.1) is 10.8 Å². The quantitative estimate of drug-likeness (QED) is 0.841. The molecule has 0 radical (unpaired) electrons. The Morgan fingerprint density at radius 1 is 1.23 bits per heavy atom. The van der Waals surface area contributed by atoms with E-state index in [1.54, 1.807) is 0 Å². The van der Waals surface area contributed by atoms with Crippen LogP contribution in [0.1, 0.15) is 19.3 Å². The van der Waals surface area contributed by atoms with E-state index in [0.29, 0.717) is 24.3 Å². The Labute approximate surface area is 133 Å². The molecule has 0 bridgehead atoms. The van der Waals surface area contributed by atoms with E-state index < -0.39 is 39.4 Å². The van der Waals surface area contributed by atoms with Crippen LogP contribution in [-0.4, -0.2) is 37.2 Å². The molecule has 1 amide bonds. The van der Waals surface area contributed by atoms with Crippen molar-refractivity contribution >= 4 is 33.3 Å². The number of amides is 1. The van der Waals surface area contributed by atoms with Gasteiger partial charge in [-0.05, 0) is 37.1 Å². The van der Waals surface area contributed by atoms with E-state index in [4.69, 9.17) is 16.7 Å². The largest absolute Gasteiger partial charge is 0.481 e. The third-order valence-corrected chi connectivity index (χ3v) is 5.56. The number of carbonyl (C=O) groups is 2. The Balaban J connectivity index is 2.02. The van der Waals surface area contributed by atoms with Crippen molar-refractivity contribution in [3.05, 3.63) is 29.3 Å². The Morgan fingerprint density at radius 3 is 2.45 bits per heavy atom. The highest BCUT2D eigenvalue weighted by atomic mass is 35.5. The molecule has 22 heavy (non-hydrogen) atoms. The van der Waals surface area contributed by atoms with Crippen LogP contribution >= 0.6 is 11.6 Å². The van der Waals surface area contributed by atoms with Crippen molar-refractivity contribution in [1.29, 1.82) is 0 Å². The van der Waals surface area contributed by atoms with Crippen molar-refractivity contribution in [3.8, 4) is 0 Å². The molecule has 1 aliphatic rings. The summed E-state index contributed by atoms with van der Waals surface area (Å²) in [6.45, 7) is 0. The van der Waals surface area contributed by atoms with E-state index >= 15 is 0 Å². The summed E-state index contributed by atoms with van der Waals surface area (Å²) in [5, 5.41) is 12.0. The Hall–Kier alpha value is -1.60. The van der Waals surface area contributed by atoms with Crippen molar-refractivity contribution in [1.82, 2.24) is 5.32 Å². The fourth-order valence-electron chi connectivity index (χ4n) is 2.57. The fourth-order valence-corrected chi connectivity index (χ4v) is 3.85. The molecule has 1 aliphatic carbocycles. The molecule has 2 N–H and O–H groups in total. The lowest BCUT2D eigenvalue weighted by Gasteiger charge is -2.17. The maximum atomic E-state index is 12.1. The fraction of sp³-hybridized carbons (Fsp3) is 0.429. The summed E-state index contributed by atoms with van der Waals surface area (Å²) in [5.41, 5.74) is 0. The first-order valence-corrected chi connectivity index (χ1v) is 8.83. The molecule has 2 rings (SSSR count). The standard InChI is InChI=1S/C14H16ClNO5S/c15-9-4-6-10(7-5-9)22(20,21)8-13(17)16-12-3-1-2-11(12)14(18)19/h4-7,11-12H,1-3,8H2,(H,16,17)(H,18,19)/t11-,12+/m1/s1. The molecule has 0 heterocycles. The number of hydrogen-bond acceptors (Lipinski definition) is 4. The summed E-state index contributed by atoms with van der Waals surface area (Å²) in [7, 11) is -3.77. The first kappa shape index (κ1) is 16.8. The van der Waals surface area contributed by atoms with Crippen LogP contribution in [0, 0.1) is 5.92 Å². The second kappa shape index (κ2) is 6.66. The van der Waals surface area contributed by atoms with Crippen LogP contribution in [0.3, 0.4) is 0 Å². The molecule has 6 nitrogen and oxygen atoms in total. The smallest absolute Gasteiger partial charge is 0.308 e. The summed E-state index contributed by atoms with van der Waals surface area (Å²) in [6.07, 6.45) is 1.74. The van der Waals surface area contributed by atoms with Gasteiger partial charge in [-0.25, -0.2) is 8.42 Å². The number of rotatable bonds is 5. The molecule has 0 spiro atoms. The van der Waals surface area contributed by atoms with Crippen LogP contribution in [0.2, 0.25) is 5.02 Å². The molecule has 0 unspecified atom stereocenters. The normalized spacial score (nSPS) is 21.5. The molecule has 1 aromatic carbocycles. The van der Waals surface area contributed by atoms with Crippen LogP contribution in [0.5, 0.6) is 0 Å². The van der Waals surface area contributed by atoms with Gasteiger partial charge in [0, 0.05) is 11.1 Å². The van der Waals surface area contributed by atoms with Crippen LogP contribution < -0.4 is 5.32 Å². The zero-order valence-corrected chi connectivity index (χ0v) is 13.2. The number of sulfone groups is 1. The lowest BCUT2D eigenvalue weighted by molar-refractivity contribution is -0.142. The molecule has 8 heteroatoms. The molecular formula is C14H16ClNO5S. The van der Waals surface area contributed by atoms with Crippen molar-refractivity contribution in [2.45, 2.75) is 30.2 Å². The highest BCUT2D eigenvalue weighted by Crippen LogP contribution is 2.26. The van der Waals surface area contributed by atoms with E-state index in [9.17, 15) is 18.0 Å². The number of nitrogens with one attached hydrogen (secondary N) is 1. The Kier molecular flexibility index (Phi) is 5.08. The molecule has 1 fully saturated rings. The number of carbonyl (C=O) groups excluding carboxylic acids is 1. The highest BCUT2D eigenvalue weighted by molar-refractivity contribution is 7.92. The van der Waals surface area contributed by atoms with Gasteiger partial charge in [-0.1, -0.05) is 18.0 Å². The Morgan fingerprint density at radius 2 is 1.86 bits per heavy atom. The van der Waals surface area contributed by atoms with Crippen LogP contribution in [0.25, 0.3) is 0 Å². The topological polar surface area (TPSA) is 101 Å². The average molecular weight is 346 g/mol. The number of hydrogen-bond donors (Lipinski definition) is 2. The molecule has 2 atom stereocenters. The van der Waals surface area contributed by atoms with Gasteiger partial charge >= 0.3 is 5.97 Å². The van der Waals surface area contributed by atoms with E-state index in [0.717, 1.165) is 0 Å². The van der Waals surface area contributed by atoms with Gasteiger partial charge in [0.2, 0.25) is 5.91 Å². The maximum Gasteiger partial charge on any atom is 0.308 e. The number of halogens is 1. The second-order valence-corrected chi connectivity index (χ2v) is 7.69. The summed E-state index contributed by atoms with van der Waals surface area (Å²) >= 11 is 5.70. The summed E-state index contributed by atoms with van der Waals surface area (Å²) in [5.74, 6) is -3.02. The summed E-state index contributed by atoms with van der Waals surface area (Å²) in [6, 6.07) is 5.03.